The highest BCUT2D eigenvalue weighted by atomic mass is 32.2. The van der Waals surface area contributed by atoms with E-state index in [1.165, 1.54) is 12.5 Å². The summed E-state index contributed by atoms with van der Waals surface area (Å²) in [7, 11) is -3.44. The van der Waals surface area contributed by atoms with Crippen LogP contribution in [0.5, 0.6) is 0 Å². The quantitative estimate of drug-likeness (QED) is 0.586. The van der Waals surface area contributed by atoms with E-state index in [9.17, 15) is 8.42 Å². The molecule has 0 N–H and O–H groups in total. The minimum atomic E-state index is -3.44. The number of fused-ring (bicyclic) bond motifs is 1. The van der Waals surface area contributed by atoms with E-state index in [4.69, 9.17) is 0 Å². The van der Waals surface area contributed by atoms with Gasteiger partial charge in [-0.25, -0.2) is 18.4 Å². The van der Waals surface area contributed by atoms with Gasteiger partial charge in [0.1, 0.15) is 6.33 Å². The van der Waals surface area contributed by atoms with Crippen LogP contribution in [0.1, 0.15) is 0 Å². The first kappa shape index (κ1) is 8.05. The van der Waals surface area contributed by atoms with Crippen LogP contribution >= 0.6 is 0 Å². The van der Waals surface area contributed by atoms with Crippen molar-refractivity contribution >= 4 is 21.2 Å². The highest BCUT2D eigenvalue weighted by molar-refractivity contribution is 7.88. The zero-order valence-electron chi connectivity index (χ0n) is 6.62. The molecule has 13 heavy (non-hydrogen) atoms. The first-order chi connectivity index (χ1) is 6.07. The molecular weight excluding hydrogens is 194 g/mol. The summed E-state index contributed by atoms with van der Waals surface area (Å²) in [5.41, 5.74) is 0.619. The molecule has 0 unspecified atom stereocenters. The predicted molar refractivity (Wildman–Crippen MR) is 43.4 cm³/mol. The Kier molecular flexibility index (Phi) is 1.52. The lowest BCUT2D eigenvalue weighted by Crippen LogP contribution is -2.13. The summed E-state index contributed by atoms with van der Waals surface area (Å²) in [4.78, 5) is 7.43. The highest BCUT2D eigenvalue weighted by Gasteiger charge is 2.10. The van der Waals surface area contributed by atoms with Gasteiger partial charge in [0.15, 0.2) is 5.52 Å². The second kappa shape index (κ2) is 2.46. The van der Waals surface area contributed by atoms with Gasteiger partial charge in [0.05, 0.1) is 12.5 Å². The van der Waals surface area contributed by atoms with E-state index < -0.39 is 10.0 Å². The van der Waals surface area contributed by atoms with Crippen LogP contribution in [-0.4, -0.2) is 39.0 Å². The number of aromatic nitrogens is 5. The van der Waals surface area contributed by atoms with Crippen LogP contribution in [0.15, 0.2) is 12.5 Å². The van der Waals surface area contributed by atoms with Gasteiger partial charge in [0.25, 0.3) is 10.0 Å². The Morgan fingerprint density at radius 2 is 2.15 bits per heavy atom. The van der Waals surface area contributed by atoms with Gasteiger partial charge in [-0.1, -0.05) is 4.20 Å². The Labute approximate surface area is 73.5 Å². The molecular formula is C5H5N5O2S. The maximum absolute atomic E-state index is 11.0. The van der Waals surface area contributed by atoms with E-state index in [0.29, 0.717) is 9.72 Å². The molecule has 0 aliphatic heterocycles. The summed E-state index contributed by atoms with van der Waals surface area (Å²) in [6, 6.07) is 0. The van der Waals surface area contributed by atoms with Crippen molar-refractivity contribution in [3.05, 3.63) is 12.5 Å². The molecule has 2 aromatic heterocycles. The predicted octanol–water partition coefficient (Wildman–Crippen LogP) is -0.971. The van der Waals surface area contributed by atoms with E-state index in [0.717, 1.165) is 6.26 Å². The van der Waals surface area contributed by atoms with Gasteiger partial charge in [-0.3, -0.25) is 0 Å². The molecule has 8 heteroatoms. The second-order valence-electron chi connectivity index (χ2n) is 2.42. The van der Waals surface area contributed by atoms with Crippen LogP contribution in [0, 0.1) is 0 Å². The highest BCUT2D eigenvalue weighted by Crippen LogP contribution is 2.02. The summed E-state index contributed by atoms with van der Waals surface area (Å²) < 4.78 is 22.6. The molecule has 0 saturated heterocycles. The van der Waals surface area contributed by atoms with Crippen molar-refractivity contribution in [1.29, 1.82) is 0 Å². The average molecular weight is 199 g/mol. The molecule has 2 rings (SSSR count). The van der Waals surface area contributed by atoms with Gasteiger partial charge in [-0.15, -0.1) is 10.2 Å². The van der Waals surface area contributed by atoms with Gasteiger partial charge >= 0.3 is 0 Å². The largest absolute Gasteiger partial charge is 0.267 e. The standard InChI is InChI=1S/C5H5N5O2S/c1-13(11,12)10-8-4-2-6-3-7-5(4)9-10/h2-3H,1H3. The maximum Gasteiger partial charge on any atom is 0.267 e. The minimum absolute atomic E-state index is 0.264. The second-order valence-corrected chi connectivity index (χ2v) is 4.21. The lowest BCUT2D eigenvalue weighted by atomic mass is 10.6. The molecule has 0 spiro atoms. The zero-order valence-corrected chi connectivity index (χ0v) is 7.43. The van der Waals surface area contributed by atoms with Crippen LogP contribution in [0.4, 0.5) is 0 Å². The summed E-state index contributed by atoms with van der Waals surface area (Å²) in [5, 5.41) is 7.33. The summed E-state index contributed by atoms with van der Waals surface area (Å²) in [6.45, 7) is 0. The molecule has 0 atom stereocenters. The lowest BCUT2D eigenvalue weighted by molar-refractivity contribution is 0.576. The van der Waals surface area contributed by atoms with Crippen molar-refractivity contribution in [2.24, 2.45) is 0 Å². The van der Waals surface area contributed by atoms with Crippen LogP contribution < -0.4 is 0 Å². The van der Waals surface area contributed by atoms with E-state index in [1.807, 2.05) is 0 Å². The molecule has 7 nitrogen and oxygen atoms in total. The van der Waals surface area contributed by atoms with Crippen molar-refractivity contribution in [3.8, 4) is 0 Å². The molecule has 2 heterocycles. The number of nitrogens with zero attached hydrogens (tertiary/aromatic N) is 5. The minimum Gasteiger partial charge on any atom is -0.242 e. The van der Waals surface area contributed by atoms with Crippen molar-refractivity contribution < 1.29 is 8.42 Å². The molecule has 0 radical (unpaired) electrons. The third-order valence-corrected chi connectivity index (χ3v) is 2.10. The lowest BCUT2D eigenvalue weighted by Gasteiger charge is -1.90. The molecule has 68 valence electrons. The van der Waals surface area contributed by atoms with Crippen LogP contribution in [-0.2, 0) is 10.0 Å². The monoisotopic (exact) mass is 199 g/mol. The summed E-state index contributed by atoms with van der Waals surface area (Å²) in [6.07, 6.45) is 3.69. The fourth-order valence-electron chi connectivity index (χ4n) is 0.807. The first-order valence-corrected chi connectivity index (χ1v) is 5.16. The van der Waals surface area contributed by atoms with Crippen LogP contribution in [0.3, 0.4) is 0 Å². The van der Waals surface area contributed by atoms with E-state index in [-0.39, 0.29) is 5.65 Å². The van der Waals surface area contributed by atoms with Gasteiger partial charge in [0, 0.05) is 0 Å². The Balaban J connectivity index is 2.77. The number of hydrogen-bond donors (Lipinski definition) is 0. The normalized spacial score (nSPS) is 12.1. The summed E-state index contributed by atoms with van der Waals surface area (Å²) in [5.74, 6) is 0. The molecule has 0 saturated carbocycles. The molecule has 2 aromatic rings. The fourth-order valence-corrected chi connectivity index (χ4v) is 1.27. The van der Waals surface area contributed by atoms with Gasteiger partial charge in [-0.05, 0) is 0 Å². The molecule has 0 aliphatic carbocycles. The van der Waals surface area contributed by atoms with Gasteiger partial charge in [-0.2, -0.15) is 0 Å². The number of rotatable bonds is 1. The Bertz CT molecular complexity index is 512. The molecule has 0 fully saturated rings. The van der Waals surface area contributed by atoms with Crippen LogP contribution in [0.25, 0.3) is 11.2 Å². The topological polar surface area (TPSA) is 90.6 Å². The molecule has 0 aliphatic rings. The maximum atomic E-state index is 11.0. The zero-order chi connectivity index (χ0) is 9.47. The van der Waals surface area contributed by atoms with Crippen molar-refractivity contribution in [3.63, 3.8) is 0 Å². The smallest absolute Gasteiger partial charge is 0.242 e. The summed E-state index contributed by atoms with van der Waals surface area (Å²) >= 11 is 0. The molecule has 0 bridgehead atoms. The molecule has 0 aromatic carbocycles. The SMILES string of the molecule is CS(=O)(=O)n1nc2cncnc2n1. The van der Waals surface area contributed by atoms with Crippen LogP contribution in [0.2, 0.25) is 0 Å². The third-order valence-electron chi connectivity index (χ3n) is 1.34. The van der Waals surface area contributed by atoms with E-state index in [1.54, 1.807) is 0 Å². The fraction of sp³-hybridized carbons (Fsp3) is 0.200. The van der Waals surface area contributed by atoms with Crippen molar-refractivity contribution in [2.45, 2.75) is 0 Å². The Hall–Kier alpha value is -1.57. The average Bonchev–Trinajstić information content (AvgIpc) is 2.45. The number of hydrogen-bond acceptors (Lipinski definition) is 6. The van der Waals surface area contributed by atoms with E-state index in [2.05, 4.69) is 20.2 Å². The van der Waals surface area contributed by atoms with Gasteiger partial charge < -0.3 is 0 Å². The molecule has 0 amide bonds. The third kappa shape index (κ3) is 1.35. The van der Waals surface area contributed by atoms with Crippen molar-refractivity contribution in [1.82, 2.24) is 24.4 Å². The first-order valence-electron chi connectivity index (χ1n) is 3.31. The van der Waals surface area contributed by atoms with E-state index >= 15 is 0 Å². The van der Waals surface area contributed by atoms with Crippen molar-refractivity contribution in [2.75, 3.05) is 6.26 Å². The Morgan fingerprint density at radius 3 is 2.77 bits per heavy atom. The van der Waals surface area contributed by atoms with Gasteiger partial charge in [0.2, 0.25) is 5.65 Å². The Morgan fingerprint density at radius 1 is 1.38 bits per heavy atom.